The number of hydrogen-bond donors (Lipinski definition) is 2. The monoisotopic (exact) mass is 254 g/mol. The topological polar surface area (TPSA) is 72.9 Å². The predicted octanol–water partition coefficient (Wildman–Crippen LogP) is 1.11. The number of aromatic nitrogens is 2. The van der Waals surface area contributed by atoms with Gasteiger partial charge in [-0.25, -0.2) is 0 Å². The number of nitrogens with one attached hydrogen (secondary N) is 1. The van der Waals surface area contributed by atoms with Crippen LogP contribution in [0.5, 0.6) is 0 Å². The van der Waals surface area contributed by atoms with E-state index in [-0.39, 0.29) is 11.9 Å². The molecule has 1 saturated heterocycles. The number of nitrogen functional groups attached to an aromatic ring is 1. The Morgan fingerprint density at radius 2 is 2.59 bits per heavy atom. The first-order chi connectivity index (χ1) is 8.22. The lowest BCUT2D eigenvalue weighted by molar-refractivity contribution is 0.0929. The Morgan fingerprint density at radius 1 is 1.76 bits per heavy atom. The fraction of sp³-hybridized carbons (Fsp3) is 0.636. The summed E-state index contributed by atoms with van der Waals surface area (Å²) in [5.74, 6) is 2.09. The molecule has 2 rings (SSSR count). The van der Waals surface area contributed by atoms with E-state index in [0.717, 1.165) is 18.6 Å². The summed E-state index contributed by atoms with van der Waals surface area (Å²) < 4.78 is 1.64. The second kappa shape index (κ2) is 5.44. The van der Waals surface area contributed by atoms with Crippen molar-refractivity contribution in [1.29, 1.82) is 0 Å². The summed E-state index contributed by atoms with van der Waals surface area (Å²) in [5.41, 5.74) is 6.71. The molecule has 0 aromatic carbocycles. The van der Waals surface area contributed by atoms with Crippen molar-refractivity contribution < 1.29 is 4.79 Å². The van der Waals surface area contributed by atoms with Crippen molar-refractivity contribution >= 4 is 23.4 Å². The highest BCUT2D eigenvalue weighted by Gasteiger charge is 2.21. The highest BCUT2D eigenvalue weighted by molar-refractivity contribution is 7.99. The Morgan fingerprint density at radius 3 is 3.24 bits per heavy atom. The fourth-order valence-corrected chi connectivity index (χ4v) is 3.07. The van der Waals surface area contributed by atoms with E-state index >= 15 is 0 Å². The Hall–Kier alpha value is -1.17. The van der Waals surface area contributed by atoms with Gasteiger partial charge in [-0.1, -0.05) is 0 Å². The molecule has 0 aliphatic carbocycles. The number of aryl methyl sites for hydroxylation is 1. The first-order valence-corrected chi connectivity index (χ1v) is 7.07. The van der Waals surface area contributed by atoms with Crippen molar-refractivity contribution in [2.24, 2.45) is 0 Å². The summed E-state index contributed by atoms with van der Waals surface area (Å²) in [4.78, 5) is 12.1. The van der Waals surface area contributed by atoms with E-state index in [4.69, 9.17) is 5.73 Å². The number of thioether (sulfide) groups is 1. The van der Waals surface area contributed by atoms with Gasteiger partial charge in [-0.2, -0.15) is 16.9 Å². The van der Waals surface area contributed by atoms with Crippen LogP contribution >= 0.6 is 11.8 Å². The lowest BCUT2D eigenvalue weighted by Crippen LogP contribution is -2.39. The summed E-state index contributed by atoms with van der Waals surface area (Å²) in [6.07, 6.45) is 3.76. The Kier molecular flexibility index (Phi) is 3.93. The van der Waals surface area contributed by atoms with Gasteiger partial charge in [0.15, 0.2) is 0 Å². The molecule has 1 aromatic rings. The summed E-state index contributed by atoms with van der Waals surface area (Å²) in [7, 11) is 0. The largest absolute Gasteiger partial charge is 0.396 e. The standard InChI is InChI=1S/C11H18N4OS/c1-2-15-10(9(12)6-13-15)11(16)14-8-4-3-5-17-7-8/h6,8H,2-5,7,12H2,1H3,(H,14,16). The molecule has 0 radical (unpaired) electrons. The quantitative estimate of drug-likeness (QED) is 0.847. The maximum Gasteiger partial charge on any atom is 0.271 e. The number of nitrogens with two attached hydrogens (primary N) is 1. The normalized spacial score (nSPS) is 20.2. The first-order valence-electron chi connectivity index (χ1n) is 5.92. The number of rotatable bonds is 3. The number of carbonyl (C=O) groups excluding carboxylic acids is 1. The maximum atomic E-state index is 12.1. The van der Waals surface area contributed by atoms with Gasteiger partial charge in [0.25, 0.3) is 5.91 Å². The minimum absolute atomic E-state index is 0.102. The van der Waals surface area contributed by atoms with E-state index in [1.165, 1.54) is 11.9 Å². The lowest BCUT2D eigenvalue weighted by Gasteiger charge is -2.22. The zero-order valence-electron chi connectivity index (χ0n) is 9.98. The minimum atomic E-state index is -0.102. The second-order valence-electron chi connectivity index (χ2n) is 4.15. The molecule has 1 amide bonds. The number of nitrogens with zero attached hydrogens (tertiary/aromatic N) is 2. The van der Waals surface area contributed by atoms with Gasteiger partial charge in [-0.05, 0) is 25.5 Å². The van der Waals surface area contributed by atoms with Crippen LogP contribution in [0, 0.1) is 0 Å². The van der Waals surface area contributed by atoms with Crippen LogP contribution in [0.3, 0.4) is 0 Å². The molecule has 1 atom stereocenters. The number of anilines is 1. The zero-order valence-corrected chi connectivity index (χ0v) is 10.8. The van der Waals surface area contributed by atoms with Gasteiger partial charge < -0.3 is 11.1 Å². The van der Waals surface area contributed by atoms with Crippen molar-refractivity contribution in [3.05, 3.63) is 11.9 Å². The summed E-state index contributed by atoms with van der Waals surface area (Å²) in [5, 5.41) is 7.11. The van der Waals surface area contributed by atoms with Crippen LogP contribution in [-0.2, 0) is 6.54 Å². The predicted molar refractivity (Wildman–Crippen MR) is 70.1 cm³/mol. The molecule has 6 heteroatoms. The molecule has 1 unspecified atom stereocenters. The number of amides is 1. The van der Waals surface area contributed by atoms with Crippen LogP contribution in [0.15, 0.2) is 6.20 Å². The van der Waals surface area contributed by atoms with E-state index in [1.807, 2.05) is 18.7 Å². The Labute approximate surface area is 105 Å². The van der Waals surface area contributed by atoms with Crippen molar-refractivity contribution in [3.63, 3.8) is 0 Å². The summed E-state index contributed by atoms with van der Waals surface area (Å²) in [6, 6.07) is 0.265. The van der Waals surface area contributed by atoms with Crippen LogP contribution < -0.4 is 11.1 Å². The van der Waals surface area contributed by atoms with Gasteiger partial charge in [0.05, 0.1) is 11.9 Å². The molecule has 1 aliphatic rings. The van der Waals surface area contributed by atoms with Crippen LogP contribution in [-0.4, -0.2) is 33.2 Å². The number of carbonyl (C=O) groups is 1. The molecule has 1 aliphatic heterocycles. The fourth-order valence-electron chi connectivity index (χ4n) is 2.00. The molecule has 17 heavy (non-hydrogen) atoms. The molecule has 94 valence electrons. The highest BCUT2D eigenvalue weighted by Crippen LogP contribution is 2.18. The van der Waals surface area contributed by atoms with Crippen molar-refractivity contribution in [2.45, 2.75) is 32.4 Å². The minimum Gasteiger partial charge on any atom is -0.396 e. The third kappa shape index (κ3) is 2.74. The molecular formula is C11H18N4OS. The smallest absolute Gasteiger partial charge is 0.271 e. The molecule has 1 fully saturated rings. The number of hydrogen-bond acceptors (Lipinski definition) is 4. The molecular weight excluding hydrogens is 236 g/mol. The summed E-state index contributed by atoms with van der Waals surface area (Å²) in [6.45, 7) is 2.60. The van der Waals surface area contributed by atoms with Gasteiger partial charge in [-0.3, -0.25) is 9.48 Å². The van der Waals surface area contributed by atoms with E-state index < -0.39 is 0 Å². The average molecular weight is 254 g/mol. The van der Waals surface area contributed by atoms with Crippen LogP contribution in [0.1, 0.15) is 30.3 Å². The van der Waals surface area contributed by atoms with E-state index in [9.17, 15) is 4.79 Å². The second-order valence-corrected chi connectivity index (χ2v) is 5.30. The Bertz CT molecular complexity index is 398. The van der Waals surface area contributed by atoms with Gasteiger partial charge >= 0.3 is 0 Å². The molecule has 0 saturated carbocycles. The van der Waals surface area contributed by atoms with Crippen LogP contribution in [0.4, 0.5) is 5.69 Å². The molecule has 5 nitrogen and oxygen atoms in total. The first kappa shape index (κ1) is 12.3. The van der Waals surface area contributed by atoms with Crippen LogP contribution in [0.2, 0.25) is 0 Å². The van der Waals surface area contributed by atoms with Gasteiger partial charge in [0, 0.05) is 18.3 Å². The zero-order chi connectivity index (χ0) is 12.3. The van der Waals surface area contributed by atoms with E-state index in [0.29, 0.717) is 17.9 Å². The third-order valence-electron chi connectivity index (χ3n) is 2.88. The Balaban J connectivity index is 2.05. The average Bonchev–Trinajstić information content (AvgIpc) is 2.71. The van der Waals surface area contributed by atoms with Gasteiger partial charge in [0.1, 0.15) is 5.69 Å². The molecule has 0 spiro atoms. The molecule has 3 N–H and O–H groups in total. The van der Waals surface area contributed by atoms with Crippen molar-refractivity contribution in [2.75, 3.05) is 17.2 Å². The van der Waals surface area contributed by atoms with Gasteiger partial charge in [0.2, 0.25) is 0 Å². The van der Waals surface area contributed by atoms with E-state index in [2.05, 4.69) is 10.4 Å². The molecule has 2 heterocycles. The summed E-state index contributed by atoms with van der Waals surface area (Å²) >= 11 is 1.89. The lowest BCUT2D eigenvalue weighted by atomic mass is 10.2. The maximum absolute atomic E-state index is 12.1. The van der Waals surface area contributed by atoms with E-state index in [1.54, 1.807) is 4.68 Å². The van der Waals surface area contributed by atoms with Crippen molar-refractivity contribution in [3.8, 4) is 0 Å². The van der Waals surface area contributed by atoms with Crippen LogP contribution in [0.25, 0.3) is 0 Å². The SMILES string of the molecule is CCn1ncc(N)c1C(=O)NC1CCCSC1. The molecule has 0 bridgehead atoms. The van der Waals surface area contributed by atoms with Crippen molar-refractivity contribution in [1.82, 2.24) is 15.1 Å². The highest BCUT2D eigenvalue weighted by atomic mass is 32.2. The third-order valence-corrected chi connectivity index (χ3v) is 4.09. The molecule has 1 aromatic heterocycles. The van der Waals surface area contributed by atoms with Gasteiger partial charge in [-0.15, -0.1) is 0 Å².